The SMILES string of the molecule is CN(C)C(=O)CNc1ccc(Br)cn1. The number of amides is 1. The molecule has 0 fully saturated rings. The first-order valence-electron chi connectivity index (χ1n) is 4.15. The van der Waals surface area contributed by atoms with Crippen molar-refractivity contribution >= 4 is 27.7 Å². The lowest BCUT2D eigenvalue weighted by Gasteiger charge is -2.10. The van der Waals surface area contributed by atoms with E-state index in [1.165, 1.54) is 4.90 Å². The molecule has 0 aliphatic carbocycles. The third kappa shape index (κ3) is 3.33. The molecule has 5 heteroatoms. The first kappa shape index (κ1) is 11.0. The molecule has 0 bridgehead atoms. The van der Waals surface area contributed by atoms with Crippen molar-refractivity contribution in [3.63, 3.8) is 0 Å². The van der Waals surface area contributed by atoms with E-state index >= 15 is 0 Å². The number of halogens is 1. The average Bonchev–Trinajstić information content (AvgIpc) is 2.16. The van der Waals surface area contributed by atoms with Crippen LogP contribution in [0.2, 0.25) is 0 Å². The van der Waals surface area contributed by atoms with E-state index in [1.807, 2.05) is 12.1 Å². The Bertz CT molecular complexity index is 310. The highest BCUT2D eigenvalue weighted by atomic mass is 79.9. The Balaban J connectivity index is 2.46. The van der Waals surface area contributed by atoms with Crippen molar-refractivity contribution in [1.82, 2.24) is 9.88 Å². The third-order valence-corrected chi connectivity index (χ3v) is 2.12. The van der Waals surface area contributed by atoms with Crippen LogP contribution < -0.4 is 5.32 Å². The zero-order chi connectivity index (χ0) is 10.6. The summed E-state index contributed by atoms with van der Waals surface area (Å²) in [6.07, 6.45) is 1.68. The molecule has 0 aliphatic heterocycles. The van der Waals surface area contributed by atoms with Crippen molar-refractivity contribution < 1.29 is 4.79 Å². The molecule has 0 aromatic carbocycles. The molecule has 76 valence electrons. The first-order chi connectivity index (χ1) is 6.59. The Morgan fingerprint density at radius 3 is 2.79 bits per heavy atom. The highest BCUT2D eigenvalue weighted by molar-refractivity contribution is 9.10. The molecule has 0 saturated carbocycles. The van der Waals surface area contributed by atoms with Crippen molar-refractivity contribution in [2.24, 2.45) is 0 Å². The van der Waals surface area contributed by atoms with Crippen LogP contribution in [-0.4, -0.2) is 36.4 Å². The molecule has 1 N–H and O–H groups in total. The number of hydrogen-bond donors (Lipinski definition) is 1. The maximum absolute atomic E-state index is 11.2. The van der Waals surface area contributed by atoms with Gasteiger partial charge in [-0.2, -0.15) is 0 Å². The number of anilines is 1. The largest absolute Gasteiger partial charge is 0.361 e. The minimum absolute atomic E-state index is 0.0229. The normalized spacial score (nSPS) is 9.64. The molecule has 14 heavy (non-hydrogen) atoms. The lowest BCUT2D eigenvalue weighted by Crippen LogP contribution is -2.28. The summed E-state index contributed by atoms with van der Waals surface area (Å²) < 4.78 is 0.919. The van der Waals surface area contributed by atoms with Crippen LogP contribution in [0.1, 0.15) is 0 Å². The van der Waals surface area contributed by atoms with Gasteiger partial charge in [0, 0.05) is 24.8 Å². The fourth-order valence-electron chi connectivity index (χ4n) is 0.805. The van der Waals surface area contributed by atoms with E-state index in [1.54, 1.807) is 20.3 Å². The number of rotatable bonds is 3. The van der Waals surface area contributed by atoms with Crippen molar-refractivity contribution in [2.75, 3.05) is 26.0 Å². The molecule has 1 heterocycles. The maximum Gasteiger partial charge on any atom is 0.241 e. The van der Waals surface area contributed by atoms with E-state index in [4.69, 9.17) is 0 Å². The van der Waals surface area contributed by atoms with Gasteiger partial charge in [-0.15, -0.1) is 0 Å². The predicted octanol–water partition coefficient (Wildman–Crippen LogP) is 1.34. The van der Waals surface area contributed by atoms with E-state index in [0.717, 1.165) is 4.47 Å². The summed E-state index contributed by atoms with van der Waals surface area (Å²) in [7, 11) is 3.44. The summed E-state index contributed by atoms with van der Waals surface area (Å²) in [6.45, 7) is 0.266. The fraction of sp³-hybridized carbons (Fsp3) is 0.333. The van der Waals surface area contributed by atoms with Gasteiger partial charge >= 0.3 is 0 Å². The topological polar surface area (TPSA) is 45.2 Å². The number of pyridine rings is 1. The van der Waals surface area contributed by atoms with E-state index < -0.39 is 0 Å². The minimum Gasteiger partial charge on any atom is -0.361 e. The number of hydrogen-bond acceptors (Lipinski definition) is 3. The van der Waals surface area contributed by atoms with Crippen LogP contribution in [0.4, 0.5) is 5.82 Å². The molecule has 1 amide bonds. The second kappa shape index (κ2) is 4.95. The van der Waals surface area contributed by atoms with Gasteiger partial charge < -0.3 is 10.2 Å². The van der Waals surface area contributed by atoms with Crippen LogP contribution in [0.15, 0.2) is 22.8 Å². The third-order valence-electron chi connectivity index (χ3n) is 1.65. The van der Waals surface area contributed by atoms with Gasteiger partial charge in [-0.25, -0.2) is 4.98 Å². The van der Waals surface area contributed by atoms with Crippen LogP contribution in [0, 0.1) is 0 Å². The van der Waals surface area contributed by atoms with Gasteiger partial charge in [0.15, 0.2) is 0 Å². The van der Waals surface area contributed by atoms with Crippen molar-refractivity contribution in [3.8, 4) is 0 Å². The molecular weight excluding hydrogens is 246 g/mol. The molecule has 0 radical (unpaired) electrons. The van der Waals surface area contributed by atoms with E-state index in [9.17, 15) is 4.79 Å². The smallest absolute Gasteiger partial charge is 0.241 e. The van der Waals surface area contributed by atoms with Crippen LogP contribution in [0.5, 0.6) is 0 Å². The molecule has 0 spiro atoms. The molecule has 1 rings (SSSR count). The maximum atomic E-state index is 11.2. The van der Waals surface area contributed by atoms with E-state index in [0.29, 0.717) is 5.82 Å². The van der Waals surface area contributed by atoms with Gasteiger partial charge in [0.1, 0.15) is 5.82 Å². The van der Waals surface area contributed by atoms with Gasteiger partial charge in [-0.05, 0) is 28.1 Å². The predicted molar refractivity (Wildman–Crippen MR) is 59.1 cm³/mol. The van der Waals surface area contributed by atoms with Crippen LogP contribution >= 0.6 is 15.9 Å². The number of aromatic nitrogens is 1. The van der Waals surface area contributed by atoms with Gasteiger partial charge in [0.25, 0.3) is 0 Å². The molecule has 4 nitrogen and oxygen atoms in total. The highest BCUT2D eigenvalue weighted by Crippen LogP contribution is 2.09. The Morgan fingerprint density at radius 2 is 2.29 bits per heavy atom. The monoisotopic (exact) mass is 257 g/mol. The molecule has 1 aromatic rings. The lowest BCUT2D eigenvalue weighted by atomic mass is 10.4. The Morgan fingerprint density at radius 1 is 1.57 bits per heavy atom. The zero-order valence-electron chi connectivity index (χ0n) is 8.12. The lowest BCUT2D eigenvalue weighted by molar-refractivity contribution is -0.126. The summed E-state index contributed by atoms with van der Waals surface area (Å²) in [4.78, 5) is 16.8. The summed E-state index contributed by atoms with van der Waals surface area (Å²) in [5.41, 5.74) is 0. The number of carbonyl (C=O) groups is 1. The number of likely N-dealkylation sites (N-methyl/N-ethyl adjacent to an activating group) is 1. The van der Waals surface area contributed by atoms with Gasteiger partial charge in [0.05, 0.1) is 6.54 Å². The molecule has 0 unspecified atom stereocenters. The van der Waals surface area contributed by atoms with Crippen LogP contribution in [0.25, 0.3) is 0 Å². The van der Waals surface area contributed by atoms with Gasteiger partial charge in [-0.1, -0.05) is 0 Å². The van der Waals surface area contributed by atoms with Crippen LogP contribution in [0.3, 0.4) is 0 Å². The average molecular weight is 258 g/mol. The quantitative estimate of drug-likeness (QED) is 0.889. The Labute approximate surface area is 91.4 Å². The zero-order valence-corrected chi connectivity index (χ0v) is 9.71. The second-order valence-electron chi connectivity index (χ2n) is 3.00. The number of nitrogens with one attached hydrogen (secondary N) is 1. The summed E-state index contributed by atoms with van der Waals surface area (Å²) in [5, 5.41) is 2.93. The molecular formula is C9H12BrN3O. The van der Waals surface area contributed by atoms with E-state index in [2.05, 4.69) is 26.2 Å². The van der Waals surface area contributed by atoms with Crippen LogP contribution in [-0.2, 0) is 4.79 Å². The molecule has 0 aliphatic rings. The Hall–Kier alpha value is -1.10. The van der Waals surface area contributed by atoms with E-state index in [-0.39, 0.29) is 12.5 Å². The highest BCUT2D eigenvalue weighted by Gasteiger charge is 2.02. The summed E-state index contributed by atoms with van der Waals surface area (Å²) in [5.74, 6) is 0.720. The van der Waals surface area contributed by atoms with Gasteiger partial charge in [0.2, 0.25) is 5.91 Å². The summed E-state index contributed by atoms with van der Waals surface area (Å²) >= 11 is 3.28. The standard InChI is InChI=1S/C9H12BrN3O/c1-13(2)9(14)6-12-8-4-3-7(10)5-11-8/h3-5H,6H2,1-2H3,(H,11,12). The number of carbonyl (C=O) groups excluding carboxylic acids is 1. The number of nitrogens with zero attached hydrogens (tertiary/aromatic N) is 2. The molecule has 0 atom stereocenters. The van der Waals surface area contributed by atoms with Crippen molar-refractivity contribution in [1.29, 1.82) is 0 Å². The first-order valence-corrected chi connectivity index (χ1v) is 4.94. The fourth-order valence-corrected chi connectivity index (χ4v) is 1.04. The molecule has 0 saturated heterocycles. The van der Waals surface area contributed by atoms with Crippen molar-refractivity contribution in [3.05, 3.63) is 22.8 Å². The minimum atomic E-state index is 0.0229. The molecule has 1 aromatic heterocycles. The summed E-state index contributed by atoms with van der Waals surface area (Å²) in [6, 6.07) is 3.68. The Kier molecular flexibility index (Phi) is 3.88. The van der Waals surface area contributed by atoms with Crippen molar-refractivity contribution in [2.45, 2.75) is 0 Å². The van der Waals surface area contributed by atoms with Gasteiger partial charge in [-0.3, -0.25) is 4.79 Å². The second-order valence-corrected chi connectivity index (χ2v) is 3.92.